The Labute approximate surface area is 119 Å². The zero-order valence-electron chi connectivity index (χ0n) is 11.7. The maximum Gasteiger partial charge on any atom is 0.164 e. The first kappa shape index (κ1) is 13.1. The van der Waals surface area contributed by atoms with Gasteiger partial charge >= 0.3 is 0 Å². The van der Waals surface area contributed by atoms with Crippen LogP contribution in [0.4, 0.5) is 0 Å². The molecule has 1 aromatic carbocycles. The van der Waals surface area contributed by atoms with Gasteiger partial charge < -0.3 is 10.1 Å². The summed E-state index contributed by atoms with van der Waals surface area (Å²) < 4.78 is 5.80. The standard InChI is InChI=1S/C16H19N3O/c1-12-4-2-3-5-15(12)20-14-10-18-16(19-11-14)8-13-6-7-17-9-13/h2-5,10-11,13,17H,6-9H2,1H3. The summed E-state index contributed by atoms with van der Waals surface area (Å²) >= 11 is 0. The second-order valence-corrected chi connectivity index (χ2v) is 5.27. The Bertz CT molecular complexity index is 562. The van der Waals surface area contributed by atoms with E-state index in [4.69, 9.17) is 4.74 Å². The van der Waals surface area contributed by atoms with Gasteiger partial charge in [0.2, 0.25) is 0 Å². The summed E-state index contributed by atoms with van der Waals surface area (Å²) in [6.45, 7) is 4.21. The van der Waals surface area contributed by atoms with Crippen LogP contribution < -0.4 is 10.1 Å². The Morgan fingerprint density at radius 2 is 2.05 bits per heavy atom. The molecule has 0 radical (unpaired) electrons. The first-order valence-corrected chi connectivity index (χ1v) is 7.06. The van der Waals surface area contributed by atoms with Crippen LogP contribution in [0.1, 0.15) is 17.8 Å². The van der Waals surface area contributed by atoms with E-state index in [9.17, 15) is 0 Å². The van der Waals surface area contributed by atoms with Crippen molar-refractivity contribution in [2.75, 3.05) is 13.1 Å². The van der Waals surface area contributed by atoms with Crippen LogP contribution in [0.2, 0.25) is 0 Å². The van der Waals surface area contributed by atoms with Crippen molar-refractivity contribution in [2.24, 2.45) is 5.92 Å². The van der Waals surface area contributed by atoms with Crippen LogP contribution in [-0.4, -0.2) is 23.1 Å². The highest BCUT2D eigenvalue weighted by molar-refractivity contribution is 5.35. The van der Waals surface area contributed by atoms with Gasteiger partial charge in [0, 0.05) is 6.42 Å². The largest absolute Gasteiger partial charge is 0.454 e. The predicted molar refractivity (Wildman–Crippen MR) is 78.0 cm³/mol. The van der Waals surface area contributed by atoms with Crippen LogP contribution in [-0.2, 0) is 6.42 Å². The molecule has 0 bridgehead atoms. The Hall–Kier alpha value is -1.94. The van der Waals surface area contributed by atoms with Crippen LogP contribution in [0.3, 0.4) is 0 Å². The number of ether oxygens (including phenoxy) is 1. The van der Waals surface area contributed by atoms with Gasteiger partial charge in [-0.3, -0.25) is 0 Å². The van der Waals surface area contributed by atoms with Crippen molar-refractivity contribution in [3.63, 3.8) is 0 Å². The second-order valence-electron chi connectivity index (χ2n) is 5.27. The van der Waals surface area contributed by atoms with Gasteiger partial charge in [0.15, 0.2) is 5.75 Å². The van der Waals surface area contributed by atoms with Crippen molar-refractivity contribution >= 4 is 0 Å². The van der Waals surface area contributed by atoms with E-state index in [1.165, 1.54) is 6.42 Å². The predicted octanol–water partition coefficient (Wildman–Crippen LogP) is 2.73. The Kier molecular flexibility index (Phi) is 3.92. The van der Waals surface area contributed by atoms with Crippen LogP contribution >= 0.6 is 0 Å². The zero-order chi connectivity index (χ0) is 13.8. The number of aromatic nitrogens is 2. The summed E-state index contributed by atoms with van der Waals surface area (Å²) in [5.74, 6) is 3.10. The van der Waals surface area contributed by atoms with Gasteiger partial charge in [0.05, 0.1) is 12.4 Å². The SMILES string of the molecule is Cc1ccccc1Oc1cnc(CC2CCNC2)nc1. The number of hydrogen-bond donors (Lipinski definition) is 1. The quantitative estimate of drug-likeness (QED) is 0.927. The zero-order valence-corrected chi connectivity index (χ0v) is 11.7. The molecule has 0 amide bonds. The summed E-state index contributed by atoms with van der Waals surface area (Å²) in [6.07, 6.45) is 5.68. The van der Waals surface area contributed by atoms with Crippen LogP contribution in [0.5, 0.6) is 11.5 Å². The fourth-order valence-electron chi connectivity index (χ4n) is 2.45. The Morgan fingerprint density at radius 3 is 2.75 bits per heavy atom. The van der Waals surface area contributed by atoms with Crippen LogP contribution in [0, 0.1) is 12.8 Å². The molecular weight excluding hydrogens is 250 g/mol. The number of benzene rings is 1. The number of para-hydroxylation sites is 1. The highest BCUT2D eigenvalue weighted by atomic mass is 16.5. The van der Waals surface area contributed by atoms with Gasteiger partial charge in [-0.05, 0) is 44.0 Å². The molecule has 0 saturated carbocycles. The highest BCUT2D eigenvalue weighted by Crippen LogP contribution is 2.23. The molecule has 1 aliphatic heterocycles. The molecule has 3 rings (SSSR count). The molecule has 1 N–H and O–H groups in total. The summed E-state index contributed by atoms with van der Waals surface area (Å²) in [6, 6.07) is 7.94. The lowest BCUT2D eigenvalue weighted by molar-refractivity contribution is 0.470. The van der Waals surface area contributed by atoms with Crippen molar-refractivity contribution in [3.8, 4) is 11.5 Å². The number of aryl methyl sites for hydroxylation is 1. The van der Waals surface area contributed by atoms with Gasteiger partial charge in [-0.25, -0.2) is 9.97 Å². The third kappa shape index (κ3) is 3.14. The average molecular weight is 269 g/mol. The number of rotatable bonds is 4. The molecule has 1 atom stereocenters. The summed E-state index contributed by atoms with van der Waals surface area (Å²) in [4.78, 5) is 8.81. The lowest BCUT2D eigenvalue weighted by Gasteiger charge is -2.09. The summed E-state index contributed by atoms with van der Waals surface area (Å²) in [5.41, 5.74) is 1.11. The first-order chi connectivity index (χ1) is 9.81. The minimum atomic E-state index is 0.665. The summed E-state index contributed by atoms with van der Waals surface area (Å²) in [7, 11) is 0. The van der Waals surface area contributed by atoms with Crippen LogP contribution in [0.15, 0.2) is 36.7 Å². The molecule has 4 nitrogen and oxygen atoms in total. The van der Waals surface area contributed by atoms with Crippen LogP contribution in [0.25, 0.3) is 0 Å². The Morgan fingerprint density at radius 1 is 1.25 bits per heavy atom. The number of nitrogens with one attached hydrogen (secondary N) is 1. The molecule has 1 aromatic heterocycles. The molecule has 104 valence electrons. The van der Waals surface area contributed by atoms with E-state index in [0.29, 0.717) is 11.7 Å². The minimum Gasteiger partial charge on any atom is -0.454 e. The van der Waals surface area contributed by atoms with Crippen molar-refractivity contribution < 1.29 is 4.74 Å². The molecule has 4 heteroatoms. The molecule has 0 spiro atoms. The van der Waals surface area contributed by atoms with E-state index in [1.54, 1.807) is 12.4 Å². The molecule has 1 fully saturated rings. The molecule has 2 heterocycles. The molecular formula is C16H19N3O. The van der Waals surface area contributed by atoms with Gasteiger partial charge in [-0.1, -0.05) is 18.2 Å². The molecule has 2 aromatic rings. The number of hydrogen-bond acceptors (Lipinski definition) is 4. The second kappa shape index (κ2) is 6.01. The van der Waals surface area contributed by atoms with E-state index in [1.807, 2.05) is 31.2 Å². The van der Waals surface area contributed by atoms with Gasteiger partial charge in [0.25, 0.3) is 0 Å². The smallest absolute Gasteiger partial charge is 0.164 e. The first-order valence-electron chi connectivity index (χ1n) is 7.06. The molecule has 1 unspecified atom stereocenters. The van der Waals surface area contributed by atoms with E-state index < -0.39 is 0 Å². The van der Waals surface area contributed by atoms with Crippen molar-refractivity contribution in [1.29, 1.82) is 0 Å². The maximum absolute atomic E-state index is 5.80. The van der Waals surface area contributed by atoms with Gasteiger partial charge in [-0.15, -0.1) is 0 Å². The van der Waals surface area contributed by atoms with E-state index in [-0.39, 0.29) is 0 Å². The molecule has 1 aliphatic rings. The van der Waals surface area contributed by atoms with E-state index in [0.717, 1.165) is 36.6 Å². The fourth-order valence-corrected chi connectivity index (χ4v) is 2.45. The fraction of sp³-hybridized carbons (Fsp3) is 0.375. The topological polar surface area (TPSA) is 47.0 Å². The molecule has 1 saturated heterocycles. The van der Waals surface area contributed by atoms with Gasteiger partial charge in [-0.2, -0.15) is 0 Å². The third-order valence-corrected chi connectivity index (χ3v) is 3.64. The number of nitrogens with zero attached hydrogens (tertiary/aromatic N) is 2. The van der Waals surface area contributed by atoms with E-state index in [2.05, 4.69) is 15.3 Å². The monoisotopic (exact) mass is 269 g/mol. The molecule has 0 aliphatic carbocycles. The lowest BCUT2D eigenvalue weighted by atomic mass is 10.1. The minimum absolute atomic E-state index is 0.665. The normalized spacial score (nSPS) is 18.1. The highest BCUT2D eigenvalue weighted by Gasteiger charge is 2.16. The van der Waals surface area contributed by atoms with Gasteiger partial charge in [0.1, 0.15) is 11.6 Å². The third-order valence-electron chi connectivity index (χ3n) is 3.64. The van der Waals surface area contributed by atoms with Crippen molar-refractivity contribution in [2.45, 2.75) is 19.8 Å². The van der Waals surface area contributed by atoms with Crippen molar-refractivity contribution in [1.82, 2.24) is 15.3 Å². The Balaban J connectivity index is 1.65. The summed E-state index contributed by atoms with van der Waals surface area (Å²) in [5, 5.41) is 3.36. The van der Waals surface area contributed by atoms with Crippen molar-refractivity contribution in [3.05, 3.63) is 48.0 Å². The molecule has 20 heavy (non-hydrogen) atoms. The average Bonchev–Trinajstić information content (AvgIpc) is 2.96. The maximum atomic E-state index is 5.80. The van der Waals surface area contributed by atoms with E-state index >= 15 is 0 Å². The lowest BCUT2D eigenvalue weighted by Crippen LogP contribution is -2.12.